The molecule has 0 fully saturated rings. The van der Waals surface area contributed by atoms with Crippen LogP contribution in [0.2, 0.25) is 0 Å². The van der Waals surface area contributed by atoms with E-state index in [1.165, 1.54) is 12.1 Å². The standard InChI is InChI=1S/C10H12F3NO.H2/c1-6(14)8-4-3-7(5-9(8)11)15-10(2,12)13;/h3-6H,14H2,1-2H3;1H/t6-;/m1./s1. The molecule has 15 heavy (non-hydrogen) atoms. The first-order chi connectivity index (χ1) is 6.79. The molecule has 1 aromatic carbocycles. The number of benzene rings is 1. The lowest BCUT2D eigenvalue weighted by Crippen LogP contribution is -2.19. The lowest BCUT2D eigenvalue weighted by atomic mass is 10.1. The molecular weight excluding hydrogens is 207 g/mol. The number of hydrogen-bond acceptors (Lipinski definition) is 2. The fraction of sp³-hybridized carbons (Fsp3) is 0.400. The summed E-state index contributed by atoms with van der Waals surface area (Å²) in [5.41, 5.74) is 5.73. The Morgan fingerprint density at radius 2 is 2.07 bits per heavy atom. The van der Waals surface area contributed by atoms with Gasteiger partial charge in [-0.05, 0) is 13.0 Å². The third kappa shape index (κ3) is 3.43. The molecule has 0 heterocycles. The zero-order chi connectivity index (χ0) is 11.6. The molecule has 0 spiro atoms. The fourth-order valence-corrected chi connectivity index (χ4v) is 1.15. The molecule has 0 aromatic heterocycles. The third-order valence-corrected chi connectivity index (χ3v) is 1.76. The van der Waals surface area contributed by atoms with Gasteiger partial charge in [-0.1, -0.05) is 6.07 Å². The first-order valence-electron chi connectivity index (χ1n) is 4.41. The first-order valence-corrected chi connectivity index (χ1v) is 4.41. The van der Waals surface area contributed by atoms with Gasteiger partial charge in [0.25, 0.3) is 0 Å². The van der Waals surface area contributed by atoms with Crippen molar-refractivity contribution in [3.63, 3.8) is 0 Å². The van der Waals surface area contributed by atoms with Crippen LogP contribution in [0.15, 0.2) is 18.2 Å². The van der Waals surface area contributed by atoms with Crippen LogP contribution in [-0.4, -0.2) is 6.11 Å². The summed E-state index contributed by atoms with van der Waals surface area (Å²) in [6.45, 7) is 2.19. The van der Waals surface area contributed by atoms with E-state index in [0.29, 0.717) is 6.92 Å². The van der Waals surface area contributed by atoms with Crippen LogP contribution in [0.3, 0.4) is 0 Å². The van der Waals surface area contributed by atoms with E-state index in [9.17, 15) is 13.2 Å². The van der Waals surface area contributed by atoms with E-state index in [4.69, 9.17) is 5.73 Å². The van der Waals surface area contributed by atoms with Gasteiger partial charge in [0.1, 0.15) is 11.6 Å². The van der Waals surface area contributed by atoms with Crippen molar-refractivity contribution in [3.8, 4) is 5.75 Å². The molecule has 0 saturated carbocycles. The van der Waals surface area contributed by atoms with Gasteiger partial charge in [0, 0.05) is 26.0 Å². The Balaban J connectivity index is 0.00000225. The normalized spacial score (nSPS) is 13.7. The van der Waals surface area contributed by atoms with Gasteiger partial charge in [-0.25, -0.2) is 4.39 Å². The zero-order valence-corrected chi connectivity index (χ0v) is 8.43. The molecule has 5 heteroatoms. The second-order valence-corrected chi connectivity index (χ2v) is 3.38. The summed E-state index contributed by atoms with van der Waals surface area (Å²) in [5.74, 6) is -0.865. The van der Waals surface area contributed by atoms with Crippen molar-refractivity contribution in [3.05, 3.63) is 29.6 Å². The van der Waals surface area contributed by atoms with Crippen LogP contribution in [0.4, 0.5) is 13.2 Å². The number of nitrogens with two attached hydrogens (primary N) is 1. The van der Waals surface area contributed by atoms with Gasteiger partial charge < -0.3 is 10.5 Å². The van der Waals surface area contributed by atoms with Crippen molar-refractivity contribution in [1.29, 1.82) is 0 Å². The smallest absolute Gasteiger partial charge is 0.394 e. The number of halogens is 3. The highest BCUT2D eigenvalue weighted by atomic mass is 19.3. The molecule has 0 amide bonds. The van der Waals surface area contributed by atoms with E-state index in [1.807, 2.05) is 0 Å². The van der Waals surface area contributed by atoms with Crippen molar-refractivity contribution < 1.29 is 19.3 Å². The number of ether oxygens (including phenoxy) is 1. The monoisotopic (exact) mass is 221 g/mol. The minimum absolute atomic E-state index is 0. The molecule has 0 aliphatic carbocycles. The minimum atomic E-state index is -3.32. The van der Waals surface area contributed by atoms with E-state index < -0.39 is 18.0 Å². The topological polar surface area (TPSA) is 35.2 Å². The zero-order valence-electron chi connectivity index (χ0n) is 8.43. The third-order valence-electron chi connectivity index (χ3n) is 1.76. The van der Waals surface area contributed by atoms with Crippen molar-refractivity contribution in [2.75, 3.05) is 0 Å². The van der Waals surface area contributed by atoms with Crippen LogP contribution in [0.1, 0.15) is 26.9 Å². The summed E-state index contributed by atoms with van der Waals surface area (Å²) in [6.07, 6.45) is -3.32. The summed E-state index contributed by atoms with van der Waals surface area (Å²) in [4.78, 5) is 0. The largest absolute Gasteiger partial charge is 0.433 e. The van der Waals surface area contributed by atoms with Crippen LogP contribution in [0.25, 0.3) is 0 Å². The Morgan fingerprint density at radius 1 is 1.47 bits per heavy atom. The highest BCUT2D eigenvalue weighted by molar-refractivity contribution is 5.30. The lowest BCUT2D eigenvalue weighted by Gasteiger charge is -2.14. The van der Waals surface area contributed by atoms with E-state index in [2.05, 4.69) is 4.74 Å². The van der Waals surface area contributed by atoms with Crippen LogP contribution >= 0.6 is 0 Å². The molecule has 0 bridgehead atoms. The average Bonchev–Trinajstić information content (AvgIpc) is 1.99. The minimum Gasteiger partial charge on any atom is -0.433 e. The SMILES string of the molecule is C[C@@H](N)c1ccc(OC(C)(F)F)cc1F.[HH]. The van der Waals surface area contributed by atoms with Gasteiger partial charge in [-0.3, -0.25) is 0 Å². The maximum absolute atomic E-state index is 13.3. The Kier molecular flexibility index (Phi) is 3.24. The lowest BCUT2D eigenvalue weighted by molar-refractivity contribution is -0.159. The predicted molar refractivity (Wildman–Crippen MR) is 52.4 cm³/mol. The molecule has 1 atom stereocenters. The van der Waals surface area contributed by atoms with Crippen LogP contribution < -0.4 is 10.5 Å². The summed E-state index contributed by atoms with van der Waals surface area (Å²) >= 11 is 0. The Bertz CT molecular complexity index is 352. The number of alkyl halides is 2. The summed E-state index contributed by atoms with van der Waals surface area (Å²) in [5, 5.41) is 0. The van der Waals surface area contributed by atoms with Gasteiger partial charge in [0.05, 0.1) is 0 Å². The highest BCUT2D eigenvalue weighted by Gasteiger charge is 2.23. The molecule has 0 saturated heterocycles. The number of rotatable bonds is 3. The van der Waals surface area contributed by atoms with Crippen molar-refractivity contribution >= 4 is 0 Å². The second-order valence-electron chi connectivity index (χ2n) is 3.38. The molecule has 0 unspecified atom stereocenters. The molecule has 1 rings (SSSR count). The fourth-order valence-electron chi connectivity index (χ4n) is 1.15. The molecular formula is C10H14F3NO. The van der Waals surface area contributed by atoms with E-state index in [0.717, 1.165) is 6.07 Å². The van der Waals surface area contributed by atoms with E-state index >= 15 is 0 Å². The van der Waals surface area contributed by atoms with Crippen molar-refractivity contribution in [2.45, 2.75) is 26.0 Å². The van der Waals surface area contributed by atoms with Crippen LogP contribution in [0.5, 0.6) is 5.75 Å². The average molecular weight is 221 g/mol. The Morgan fingerprint density at radius 3 is 2.47 bits per heavy atom. The van der Waals surface area contributed by atoms with Gasteiger partial charge in [-0.2, -0.15) is 8.78 Å². The summed E-state index contributed by atoms with van der Waals surface area (Å²) in [6, 6.07) is 3.01. The first kappa shape index (κ1) is 11.8. The quantitative estimate of drug-likeness (QED) is 0.851. The maximum Gasteiger partial charge on any atom is 0.394 e. The maximum atomic E-state index is 13.3. The Hall–Kier alpha value is -1.23. The van der Waals surface area contributed by atoms with Gasteiger partial charge in [0.15, 0.2) is 0 Å². The van der Waals surface area contributed by atoms with Gasteiger partial charge in [-0.15, -0.1) is 0 Å². The van der Waals surface area contributed by atoms with E-state index in [-0.39, 0.29) is 12.7 Å². The molecule has 1 aromatic rings. The summed E-state index contributed by atoms with van der Waals surface area (Å²) < 4.78 is 42.3. The molecule has 2 N–H and O–H groups in total. The predicted octanol–water partition coefficient (Wildman–Crippen LogP) is 3.08. The van der Waals surface area contributed by atoms with E-state index in [1.54, 1.807) is 6.92 Å². The number of hydrogen-bond donors (Lipinski definition) is 1. The molecule has 2 nitrogen and oxygen atoms in total. The molecule has 0 radical (unpaired) electrons. The van der Waals surface area contributed by atoms with Gasteiger partial charge >= 0.3 is 6.11 Å². The van der Waals surface area contributed by atoms with Crippen LogP contribution in [-0.2, 0) is 0 Å². The Labute approximate surface area is 87.3 Å². The highest BCUT2D eigenvalue weighted by Crippen LogP contribution is 2.24. The van der Waals surface area contributed by atoms with Crippen molar-refractivity contribution in [2.24, 2.45) is 5.73 Å². The molecule has 86 valence electrons. The van der Waals surface area contributed by atoms with Crippen molar-refractivity contribution in [1.82, 2.24) is 0 Å². The molecule has 0 aliphatic rings. The van der Waals surface area contributed by atoms with Crippen LogP contribution in [0, 0.1) is 5.82 Å². The van der Waals surface area contributed by atoms with Gasteiger partial charge in [0.2, 0.25) is 0 Å². The molecule has 0 aliphatic heterocycles. The second kappa shape index (κ2) is 4.10. The summed E-state index contributed by atoms with van der Waals surface area (Å²) in [7, 11) is 0.